The van der Waals surface area contributed by atoms with Crippen LogP contribution in [0.2, 0.25) is 0 Å². The van der Waals surface area contributed by atoms with Crippen LogP contribution in [0.5, 0.6) is 0 Å². The van der Waals surface area contributed by atoms with Gasteiger partial charge in [-0.05, 0) is 24.1 Å². The highest BCUT2D eigenvalue weighted by molar-refractivity contribution is 8.00. The fourth-order valence-electron chi connectivity index (χ4n) is 2.72. The molecule has 1 aromatic rings. The Morgan fingerprint density at radius 3 is 2.65 bits per heavy atom. The average molecular weight is 378 g/mol. The van der Waals surface area contributed by atoms with E-state index in [0.717, 1.165) is 36.8 Å². The average Bonchev–Trinajstić information content (AvgIpc) is 2.67. The van der Waals surface area contributed by atoms with Gasteiger partial charge in [-0.2, -0.15) is 11.8 Å². The molecule has 1 fully saturated rings. The van der Waals surface area contributed by atoms with Gasteiger partial charge >= 0.3 is 0 Å². The molecule has 142 valence electrons. The van der Waals surface area contributed by atoms with Gasteiger partial charge in [-0.25, -0.2) is 0 Å². The molecular weight excluding hydrogens is 350 g/mol. The van der Waals surface area contributed by atoms with Crippen LogP contribution in [0.3, 0.4) is 0 Å². The first kappa shape index (κ1) is 20.1. The lowest BCUT2D eigenvalue weighted by molar-refractivity contribution is -0.117. The molecular formula is C18H27N5O2S. The van der Waals surface area contributed by atoms with Crippen LogP contribution < -0.4 is 16.4 Å². The van der Waals surface area contributed by atoms with Gasteiger partial charge in [0, 0.05) is 43.2 Å². The zero-order chi connectivity index (χ0) is 18.9. The number of nitrogens with zero attached hydrogens (tertiary/aromatic N) is 2. The van der Waals surface area contributed by atoms with Gasteiger partial charge in [-0.15, -0.1) is 0 Å². The van der Waals surface area contributed by atoms with E-state index in [0.29, 0.717) is 17.4 Å². The number of thioether (sulfide) groups is 1. The number of hydrogen-bond acceptors (Lipinski definition) is 4. The maximum atomic E-state index is 11.9. The Bertz CT molecular complexity index is 647. The smallest absolute Gasteiger partial charge is 0.251 e. The summed E-state index contributed by atoms with van der Waals surface area (Å²) in [7, 11) is 1.80. The second-order valence-electron chi connectivity index (χ2n) is 6.09. The van der Waals surface area contributed by atoms with E-state index in [1.807, 2.05) is 23.9 Å². The van der Waals surface area contributed by atoms with Crippen molar-refractivity contribution in [3.63, 3.8) is 0 Å². The lowest BCUT2D eigenvalue weighted by atomic mass is 10.1. The van der Waals surface area contributed by atoms with Crippen molar-refractivity contribution in [2.45, 2.75) is 25.1 Å². The number of nitrogens with two attached hydrogens (primary N) is 1. The zero-order valence-corrected chi connectivity index (χ0v) is 16.1. The van der Waals surface area contributed by atoms with Crippen molar-refractivity contribution in [3.8, 4) is 0 Å². The van der Waals surface area contributed by atoms with E-state index in [2.05, 4.69) is 27.4 Å². The number of nitrogens with one attached hydrogen (secondary N) is 2. The van der Waals surface area contributed by atoms with E-state index >= 15 is 0 Å². The predicted octanol–water partition coefficient (Wildman–Crippen LogP) is 0.805. The molecule has 1 heterocycles. The first-order chi connectivity index (χ1) is 12.5. The summed E-state index contributed by atoms with van der Waals surface area (Å²) in [6.45, 7) is 4.71. The highest BCUT2D eigenvalue weighted by atomic mass is 32.2. The van der Waals surface area contributed by atoms with Gasteiger partial charge < -0.3 is 21.3 Å². The van der Waals surface area contributed by atoms with Crippen LogP contribution in [0.4, 0.5) is 0 Å². The Morgan fingerprint density at radius 2 is 2.04 bits per heavy atom. The summed E-state index contributed by atoms with van der Waals surface area (Å²) in [5.41, 5.74) is 6.57. The quantitative estimate of drug-likeness (QED) is 0.503. The molecule has 0 spiro atoms. The Morgan fingerprint density at radius 1 is 1.31 bits per heavy atom. The summed E-state index contributed by atoms with van der Waals surface area (Å²) < 4.78 is 0. The van der Waals surface area contributed by atoms with Gasteiger partial charge in [0.05, 0.1) is 6.54 Å². The van der Waals surface area contributed by atoms with E-state index in [1.54, 1.807) is 19.2 Å². The van der Waals surface area contributed by atoms with Crippen molar-refractivity contribution >= 4 is 29.5 Å². The summed E-state index contributed by atoms with van der Waals surface area (Å²) in [6, 6.07) is 7.25. The van der Waals surface area contributed by atoms with Gasteiger partial charge in [0.1, 0.15) is 0 Å². The monoisotopic (exact) mass is 377 g/mol. The zero-order valence-electron chi connectivity index (χ0n) is 15.3. The number of guanidine groups is 1. The fraction of sp³-hybridized carbons (Fsp3) is 0.500. The third kappa shape index (κ3) is 5.94. The third-order valence-corrected chi connectivity index (χ3v) is 5.57. The molecule has 2 amide bonds. The number of hydrogen-bond donors (Lipinski definition) is 3. The van der Waals surface area contributed by atoms with Crippen molar-refractivity contribution in [1.29, 1.82) is 0 Å². The summed E-state index contributed by atoms with van der Waals surface area (Å²) in [5.74, 6) is 1.16. The summed E-state index contributed by atoms with van der Waals surface area (Å²) in [6.07, 6.45) is 1.16. The number of rotatable bonds is 6. The van der Waals surface area contributed by atoms with Crippen molar-refractivity contribution < 1.29 is 9.59 Å². The first-order valence-corrected chi connectivity index (χ1v) is 9.81. The largest absolute Gasteiger partial charge is 0.368 e. The lowest BCUT2D eigenvalue weighted by Gasteiger charge is -2.34. The molecule has 0 saturated carbocycles. The minimum absolute atomic E-state index is 0.161. The van der Waals surface area contributed by atoms with E-state index < -0.39 is 5.91 Å². The summed E-state index contributed by atoms with van der Waals surface area (Å²) >= 11 is 2.03. The van der Waals surface area contributed by atoms with Crippen LogP contribution in [-0.2, 0) is 11.3 Å². The molecule has 0 aliphatic carbocycles. The third-order valence-electron chi connectivity index (χ3n) is 4.20. The minimum Gasteiger partial charge on any atom is -0.368 e. The van der Waals surface area contributed by atoms with Gasteiger partial charge in [0.15, 0.2) is 5.96 Å². The van der Waals surface area contributed by atoms with Crippen LogP contribution in [0.1, 0.15) is 29.3 Å². The number of primary amides is 1. The SMILES string of the molecule is CCC1CN(C(=NC)NCc2ccc(C(=O)NCC(N)=O)cc2)CCS1. The molecule has 0 radical (unpaired) electrons. The summed E-state index contributed by atoms with van der Waals surface area (Å²) in [5, 5.41) is 6.52. The molecule has 2 rings (SSSR count). The molecule has 8 heteroatoms. The molecule has 1 aromatic carbocycles. The van der Waals surface area contributed by atoms with E-state index in [1.165, 1.54) is 0 Å². The first-order valence-electron chi connectivity index (χ1n) is 8.76. The highest BCUT2D eigenvalue weighted by Gasteiger charge is 2.21. The number of aliphatic imine (C=N–C) groups is 1. The minimum atomic E-state index is -0.563. The standard InChI is InChI=1S/C18H27N5O2S/c1-3-15-12-23(8-9-26-15)18(20-2)22-10-13-4-6-14(7-5-13)17(25)21-11-16(19)24/h4-7,15H,3,8-12H2,1-2H3,(H2,19,24)(H,20,22)(H,21,25). The second kappa shape index (κ2) is 10.1. The highest BCUT2D eigenvalue weighted by Crippen LogP contribution is 2.21. The topological polar surface area (TPSA) is 99.8 Å². The van der Waals surface area contributed by atoms with Gasteiger partial charge in [0.2, 0.25) is 5.91 Å². The fourth-order valence-corrected chi connectivity index (χ4v) is 3.90. The Balaban J connectivity index is 1.88. The molecule has 0 bridgehead atoms. The molecule has 1 unspecified atom stereocenters. The Labute approximate surface area is 158 Å². The Kier molecular flexibility index (Phi) is 7.77. The maximum Gasteiger partial charge on any atom is 0.251 e. The molecule has 1 saturated heterocycles. The number of benzene rings is 1. The van der Waals surface area contributed by atoms with Crippen LogP contribution in [0, 0.1) is 0 Å². The number of amides is 2. The summed E-state index contributed by atoms with van der Waals surface area (Å²) in [4.78, 5) is 29.3. The van der Waals surface area contributed by atoms with Crippen molar-refractivity contribution in [2.24, 2.45) is 10.7 Å². The molecule has 4 N–H and O–H groups in total. The second-order valence-corrected chi connectivity index (χ2v) is 7.50. The van der Waals surface area contributed by atoms with E-state index in [-0.39, 0.29) is 12.5 Å². The predicted molar refractivity (Wildman–Crippen MR) is 106 cm³/mol. The molecule has 1 atom stereocenters. The van der Waals surface area contributed by atoms with Gasteiger partial charge in [0.25, 0.3) is 5.91 Å². The Hall–Kier alpha value is -2.22. The molecule has 1 aliphatic rings. The number of carbonyl (C=O) groups is 2. The van der Waals surface area contributed by atoms with Crippen molar-refractivity contribution in [2.75, 3.05) is 32.4 Å². The van der Waals surface area contributed by atoms with Crippen LogP contribution in [-0.4, -0.2) is 60.4 Å². The lowest BCUT2D eigenvalue weighted by Crippen LogP contribution is -2.47. The van der Waals surface area contributed by atoms with Gasteiger partial charge in [-0.1, -0.05) is 19.1 Å². The van der Waals surface area contributed by atoms with Crippen LogP contribution in [0.25, 0.3) is 0 Å². The normalized spacial score (nSPS) is 17.7. The van der Waals surface area contributed by atoms with Crippen LogP contribution in [0.15, 0.2) is 29.3 Å². The molecule has 7 nitrogen and oxygen atoms in total. The van der Waals surface area contributed by atoms with Gasteiger partial charge in [-0.3, -0.25) is 14.6 Å². The number of carbonyl (C=O) groups excluding carboxylic acids is 2. The maximum absolute atomic E-state index is 11.9. The van der Waals surface area contributed by atoms with E-state index in [9.17, 15) is 9.59 Å². The van der Waals surface area contributed by atoms with Crippen molar-refractivity contribution in [1.82, 2.24) is 15.5 Å². The van der Waals surface area contributed by atoms with Crippen molar-refractivity contribution in [3.05, 3.63) is 35.4 Å². The molecule has 0 aromatic heterocycles. The van der Waals surface area contributed by atoms with E-state index in [4.69, 9.17) is 5.73 Å². The molecule has 26 heavy (non-hydrogen) atoms. The van der Waals surface area contributed by atoms with Crippen LogP contribution >= 0.6 is 11.8 Å². The molecule has 1 aliphatic heterocycles.